The Kier molecular flexibility index (Phi) is 5.81. The molecule has 0 aliphatic carbocycles. The highest BCUT2D eigenvalue weighted by atomic mass is 15.1. The summed E-state index contributed by atoms with van der Waals surface area (Å²) in [6.45, 7) is 6.14. The number of aryl methyl sites for hydroxylation is 1. The predicted molar refractivity (Wildman–Crippen MR) is 132 cm³/mol. The normalized spacial score (nSPS) is 10.5. The summed E-state index contributed by atoms with van der Waals surface area (Å²) in [5.74, 6) is 0. The predicted octanol–water partition coefficient (Wildman–Crippen LogP) is 8.80. The number of rotatable bonds is 3. The van der Waals surface area contributed by atoms with Crippen molar-refractivity contribution in [3.63, 3.8) is 0 Å². The summed E-state index contributed by atoms with van der Waals surface area (Å²) in [5.41, 5.74) is 4.76. The molecule has 148 valence electrons. The molecular formula is C29H27N. The summed E-state index contributed by atoms with van der Waals surface area (Å²) >= 11 is 0. The molecule has 0 bridgehead atoms. The molecule has 0 heterocycles. The first-order valence-corrected chi connectivity index (χ1v) is 10.6. The van der Waals surface area contributed by atoms with E-state index in [1.807, 2.05) is 13.8 Å². The topological polar surface area (TPSA) is 3.24 Å². The fourth-order valence-corrected chi connectivity index (χ4v) is 3.85. The molecule has 1 heteroatoms. The van der Waals surface area contributed by atoms with E-state index < -0.39 is 0 Å². The molecule has 0 aliphatic heterocycles. The average Bonchev–Trinajstić information content (AvgIpc) is 2.80. The second-order valence-electron chi connectivity index (χ2n) is 7.24. The minimum absolute atomic E-state index is 1.17. The maximum absolute atomic E-state index is 2.34. The maximum atomic E-state index is 2.34. The lowest BCUT2D eigenvalue weighted by Gasteiger charge is -2.26. The van der Waals surface area contributed by atoms with E-state index >= 15 is 0 Å². The first-order valence-electron chi connectivity index (χ1n) is 10.6. The molecule has 30 heavy (non-hydrogen) atoms. The van der Waals surface area contributed by atoms with Gasteiger partial charge in [-0.1, -0.05) is 86.6 Å². The van der Waals surface area contributed by atoms with E-state index in [9.17, 15) is 0 Å². The summed E-state index contributed by atoms with van der Waals surface area (Å²) in [6.07, 6.45) is 0. The van der Waals surface area contributed by atoms with Crippen molar-refractivity contribution < 1.29 is 0 Å². The van der Waals surface area contributed by atoms with Crippen LogP contribution in [-0.2, 0) is 0 Å². The Morgan fingerprint density at radius 2 is 0.900 bits per heavy atom. The van der Waals surface area contributed by atoms with Crippen LogP contribution in [-0.4, -0.2) is 0 Å². The quantitative estimate of drug-likeness (QED) is 0.298. The molecule has 5 rings (SSSR count). The highest BCUT2D eigenvalue weighted by Gasteiger charge is 2.13. The summed E-state index contributed by atoms with van der Waals surface area (Å²) in [4.78, 5) is 2.34. The Labute approximate surface area is 179 Å². The Hall–Kier alpha value is -3.58. The van der Waals surface area contributed by atoms with Gasteiger partial charge in [0.15, 0.2) is 0 Å². The molecule has 0 unspecified atom stereocenters. The zero-order valence-electron chi connectivity index (χ0n) is 17.8. The average molecular weight is 390 g/mol. The third-order valence-corrected chi connectivity index (χ3v) is 5.24. The van der Waals surface area contributed by atoms with E-state index in [1.54, 1.807) is 0 Å². The minimum Gasteiger partial charge on any atom is -0.310 e. The van der Waals surface area contributed by atoms with Crippen LogP contribution in [0.15, 0.2) is 109 Å². The van der Waals surface area contributed by atoms with Gasteiger partial charge in [-0.05, 0) is 70.4 Å². The molecule has 0 fully saturated rings. The number of anilines is 3. The molecule has 0 amide bonds. The molecule has 0 aliphatic rings. The van der Waals surface area contributed by atoms with Gasteiger partial charge in [0.2, 0.25) is 0 Å². The van der Waals surface area contributed by atoms with Crippen LogP contribution < -0.4 is 4.90 Å². The zero-order chi connectivity index (χ0) is 20.9. The Balaban J connectivity index is 0.00000106. The third-order valence-electron chi connectivity index (χ3n) is 5.24. The van der Waals surface area contributed by atoms with Gasteiger partial charge in [0.05, 0.1) is 0 Å². The van der Waals surface area contributed by atoms with Crippen molar-refractivity contribution in [2.75, 3.05) is 4.90 Å². The van der Waals surface area contributed by atoms with Gasteiger partial charge in [-0.3, -0.25) is 0 Å². The largest absolute Gasteiger partial charge is 0.310 e. The lowest BCUT2D eigenvalue weighted by molar-refractivity contribution is 1.28. The van der Waals surface area contributed by atoms with Crippen LogP contribution in [0.3, 0.4) is 0 Å². The minimum atomic E-state index is 1.17. The fourth-order valence-electron chi connectivity index (χ4n) is 3.85. The van der Waals surface area contributed by atoms with Crippen molar-refractivity contribution in [2.24, 2.45) is 0 Å². The van der Waals surface area contributed by atoms with Gasteiger partial charge >= 0.3 is 0 Å². The Bertz CT molecular complexity index is 1210. The molecule has 0 saturated carbocycles. The highest BCUT2D eigenvalue weighted by Crippen LogP contribution is 2.37. The second kappa shape index (κ2) is 8.84. The van der Waals surface area contributed by atoms with E-state index in [-0.39, 0.29) is 0 Å². The number of benzene rings is 5. The molecule has 0 spiro atoms. The van der Waals surface area contributed by atoms with Crippen molar-refractivity contribution in [3.8, 4) is 0 Å². The number of hydrogen-bond donors (Lipinski definition) is 0. The van der Waals surface area contributed by atoms with Crippen molar-refractivity contribution in [2.45, 2.75) is 20.8 Å². The molecular weight excluding hydrogens is 362 g/mol. The van der Waals surface area contributed by atoms with Gasteiger partial charge in [0, 0.05) is 17.1 Å². The molecule has 5 aromatic carbocycles. The summed E-state index contributed by atoms with van der Waals surface area (Å²) in [7, 11) is 0. The van der Waals surface area contributed by atoms with Crippen LogP contribution in [0, 0.1) is 6.92 Å². The Morgan fingerprint density at radius 1 is 0.433 bits per heavy atom. The van der Waals surface area contributed by atoms with Gasteiger partial charge in [0.1, 0.15) is 0 Å². The monoisotopic (exact) mass is 389 g/mol. The van der Waals surface area contributed by atoms with E-state index in [1.165, 1.54) is 44.2 Å². The first kappa shape index (κ1) is 19.7. The van der Waals surface area contributed by atoms with Crippen LogP contribution in [0.4, 0.5) is 17.1 Å². The summed E-state index contributed by atoms with van der Waals surface area (Å²) in [5, 5.41) is 5.01. The van der Waals surface area contributed by atoms with Crippen molar-refractivity contribution >= 4 is 38.6 Å². The van der Waals surface area contributed by atoms with Crippen molar-refractivity contribution in [1.29, 1.82) is 0 Å². The van der Waals surface area contributed by atoms with Crippen LogP contribution in [0.1, 0.15) is 19.4 Å². The molecule has 1 nitrogen and oxygen atoms in total. The van der Waals surface area contributed by atoms with E-state index in [4.69, 9.17) is 0 Å². The van der Waals surface area contributed by atoms with E-state index in [2.05, 4.69) is 121 Å². The molecule has 0 N–H and O–H groups in total. The van der Waals surface area contributed by atoms with Crippen LogP contribution in [0.2, 0.25) is 0 Å². The lowest BCUT2D eigenvalue weighted by Crippen LogP contribution is -2.10. The van der Waals surface area contributed by atoms with Gasteiger partial charge in [0.25, 0.3) is 0 Å². The molecule has 0 aromatic heterocycles. The number of hydrogen-bond acceptors (Lipinski definition) is 1. The van der Waals surface area contributed by atoms with Crippen LogP contribution in [0.25, 0.3) is 21.5 Å². The number of nitrogens with zero attached hydrogens (tertiary/aromatic N) is 1. The molecule has 0 atom stereocenters. The number of fused-ring (bicyclic) bond motifs is 2. The Morgan fingerprint density at radius 3 is 1.40 bits per heavy atom. The van der Waals surface area contributed by atoms with Gasteiger partial charge in [-0.15, -0.1) is 0 Å². The first-order chi connectivity index (χ1) is 14.8. The van der Waals surface area contributed by atoms with Gasteiger partial charge in [-0.2, -0.15) is 0 Å². The van der Waals surface area contributed by atoms with Crippen molar-refractivity contribution in [3.05, 3.63) is 115 Å². The summed E-state index contributed by atoms with van der Waals surface area (Å²) in [6, 6.07) is 39.1. The molecule has 0 saturated heterocycles. The van der Waals surface area contributed by atoms with Crippen molar-refractivity contribution in [1.82, 2.24) is 0 Å². The third kappa shape index (κ3) is 3.92. The smallest absolute Gasteiger partial charge is 0.0468 e. The van der Waals surface area contributed by atoms with Crippen LogP contribution in [0.5, 0.6) is 0 Å². The lowest BCUT2D eigenvalue weighted by atomic mass is 10.1. The SMILES string of the molecule is CC.Cc1cccc(N(c2ccc3ccccc3c2)c2ccc3ccccc3c2)c1. The fraction of sp³-hybridized carbons (Fsp3) is 0.103. The molecule has 0 radical (unpaired) electrons. The summed E-state index contributed by atoms with van der Waals surface area (Å²) < 4.78 is 0. The highest BCUT2D eigenvalue weighted by molar-refractivity contribution is 5.92. The van der Waals surface area contributed by atoms with E-state index in [0.717, 1.165) is 0 Å². The van der Waals surface area contributed by atoms with E-state index in [0.29, 0.717) is 0 Å². The molecule has 5 aromatic rings. The van der Waals surface area contributed by atoms with Gasteiger partial charge in [-0.25, -0.2) is 0 Å². The maximum Gasteiger partial charge on any atom is 0.0468 e. The van der Waals surface area contributed by atoms with Crippen LogP contribution >= 0.6 is 0 Å². The van der Waals surface area contributed by atoms with Gasteiger partial charge < -0.3 is 4.90 Å². The zero-order valence-corrected chi connectivity index (χ0v) is 17.8. The second-order valence-corrected chi connectivity index (χ2v) is 7.24. The standard InChI is InChI=1S/C27H21N.C2H6/c1-20-7-6-12-25(17-20)28(26-15-13-21-8-2-4-10-23(21)18-26)27-16-14-22-9-3-5-11-24(22)19-27;1-2/h2-19H,1H3;1-2H3.